The second-order valence-corrected chi connectivity index (χ2v) is 6.47. The Labute approximate surface area is 126 Å². The van der Waals surface area contributed by atoms with E-state index in [9.17, 15) is 9.90 Å². The van der Waals surface area contributed by atoms with Crippen LogP contribution in [0, 0.1) is 5.92 Å². The first kappa shape index (κ1) is 16.0. The van der Waals surface area contributed by atoms with Crippen LogP contribution in [0.25, 0.3) is 0 Å². The standard InChI is InChI=1S/C17H26N2O2/c1-12(2)8-16(18)17(21)11-19-7-3-4-13-9-15(20)6-5-14(13)10-19/h5-6,9,12,16,20H,3-4,7-8,10-11,18H2,1-2H3. The van der Waals surface area contributed by atoms with E-state index < -0.39 is 0 Å². The maximum Gasteiger partial charge on any atom is 0.163 e. The average molecular weight is 290 g/mol. The smallest absolute Gasteiger partial charge is 0.163 e. The Kier molecular flexibility index (Phi) is 5.37. The summed E-state index contributed by atoms with van der Waals surface area (Å²) < 4.78 is 0. The topological polar surface area (TPSA) is 66.6 Å². The van der Waals surface area contributed by atoms with E-state index in [0.717, 1.165) is 32.4 Å². The summed E-state index contributed by atoms with van der Waals surface area (Å²) in [5.74, 6) is 0.889. The number of nitrogens with two attached hydrogens (primary N) is 1. The molecule has 0 aromatic heterocycles. The fraction of sp³-hybridized carbons (Fsp3) is 0.588. The average Bonchev–Trinajstić information content (AvgIpc) is 2.59. The third-order valence-corrected chi connectivity index (χ3v) is 4.02. The minimum atomic E-state index is -0.354. The number of Topliss-reactive ketones (excluding diaryl/α,β-unsaturated/α-hetero) is 1. The first-order chi connectivity index (χ1) is 9.95. The Morgan fingerprint density at radius 2 is 2.14 bits per heavy atom. The van der Waals surface area contributed by atoms with Crippen LogP contribution in [0.1, 0.15) is 37.8 Å². The number of aromatic hydroxyl groups is 1. The molecule has 21 heavy (non-hydrogen) atoms. The number of rotatable bonds is 5. The van der Waals surface area contributed by atoms with Crippen molar-refractivity contribution in [2.45, 2.75) is 45.7 Å². The number of hydrogen-bond acceptors (Lipinski definition) is 4. The summed E-state index contributed by atoms with van der Waals surface area (Å²) in [6.07, 6.45) is 2.70. The molecular formula is C17H26N2O2. The van der Waals surface area contributed by atoms with Crippen LogP contribution in [-0.2, 0) is 17.8 Å². The zero-order chi connectivity index (χ0) is 15.4. The number of fused-ring (bicyclic) bond motifs is 1. The molecule has 0 bridgehead atoms. The van der Waals surface area contributed by atoms with Gasteiger partial charge in [0, 0.05) is 6.54 Å². The quantitative estimate of drug-likeness (QED) is 0.871. The highest BCUT2D eigenvalue weighted by molar-refractivity contribution is 5.85. The third kappa shape index (κ3) is 4.55. The maximum atomic E-state index is 12.2. The van der Waals surface area contributed by atoms with Gasteiger partial charge in [-0.2, -0.15) is 0 Å². The van der Waals surface area contributed by atoms with Crippen molar-refractivity contribution in [1.29, 1.82) is 0 Å². The van der Waals surface area contributed by atoms with Gasteiger partial charge in [0.1, 0.15) is 5.75 Å². The Hall–Kier alpha value is -1.39. The minimum absolute atomic E-state index is 0.130. The lowest BCUT2D eigenvalue weighted by Crippen LogP contribution is -2.40. The molecular weight excluding hydrogens is 264 g/mol. The van der Waals surface area contributed by atoms with E-state index in [1.165, 1.54) is 11.1 Å². The molecule has 0 spiro atoms. The molecule has 4 nitrogen and oxygen atoms in total. The monoisotopic (exact) mass is 290 g/mol. The normalized spacial score (nSPS) is 17.3. The fourth-order valence-corrected chi connectivity index (χ4v) is 2.92. The van der Waals surface area contributed by atoms with Crippen molar-refractivity contribution in [3.63, 3.8) is 0 Å². The van der Waals surface area contributed by atoms with E-state index in [4.69, 9.17) is 5.73 Å². The van der Waals surface area contributed by atoms with Crippen LogP contribution in [0.15, 0.2) is 18.2 Å². The first-order valence-corrected chi connectivity index (χ1v) is 7.77. The molecule has 1 aromatic carbocycles. The number of carbonyl (C=O) groups is 1. The van der Waals surface area contributed by atoms with Crippen LogP contribution in [0.4, 0.5) is 0 Å². The number of phenols is 1. The van der Waals surface area contributed by atoms with Crippen LogP contribution in [0.2, 0.25) is 0 Å². The summed E-state index contributed by atoms with van der Waals surface area (Å²) in [5.41, 5.74) is 8.37. The van der Waals surface area contributed by atoms with Gasteiger partial charge in [-0.15, -0.1) is 0 Å². The predicted molar refractivity (Wildman–Crippen MR) is 84.1 cm³/mol. The Morgan fingerprint density at radius 3 is 2.86 bits per heavy atom. The lowest BCUT2D eigenvalue weighted by molar-refractivity contribution is -0.121. The molecule has 2 rings (SSSR count). The van der Waals surface area contributed by atoms with Crippen molar-refractivity contribution in [3.05, 3.63) is 29.3 Å². The van der Waals surface area contributed by atoms with E-state index in [2.05, 4.69) is 18.7 Å². The number of benzene rings is 1. The summed E-state index contributed by atoms with van der Waals surface area (Å²) in [6.45, 7) is 6.25. The lowest BCUT2D eigenvalue weighted by atomic mass is 10.0. The largest absolute Gasteiger partial charge is 0.508 e. The molecule has 1 atom stereocenters. The Morgan fingerprint density at radius 1 is 1.38 bits per heavy atom. The highest BCUT2D eigenvalue weighted by atomic mass is 16.3. The van der Waals surface area contributed by atoms with Crippen LogP contribution in [-0.4, -0.2) is 34.9 Å². The number of hydrogen-bond donors (Lipinski definition) is 2. The number of ketones is 1. The van der Waals surface area contributed by atoms with Gasteiger partial charge >= 0.3 is 0 Å². The molecule has 1 aliphatic rings. The molecule has 0 fully saturated rings. The van der Waals surface area contributed by atoms with Crippen molar-refractivity contribution in [2.24, 2.45) is 11.7 Å². The predicted octanol–water partition coefficient (Wildman–Crippen LogP) is 2.08. The molecule has 1 unspecified atom stereocenters. The maximum absolute atomic E-state index is 12.2. The van der Waals surface area contributed by atoms with Crippen molar-refractivity contribution >= 4 is 5.78 Å². The van der Waals surface area contributed by atoms with Gasteiger partial charge < -0.3 is 10.8 Å². The number of nitrogens with zero attached hydrogens (tertiary/aromatic N) is 1. The number of aryl methyl sites for hydroxylation is 1. The third-order valence-electron chi connectivity index (χ3n) is 4.02. The first-order valence-electron chi connectivity index (χ1n) is 7.77. The van der Waals surface area contributed by atoms with Crippen molar-refractivity contribution < 1.29 is 9.90 Å². The molecule has 1 aromatic rings. The summed E-state index contributed by atoms with van der Waals surface area (Å²) in [7, 11) is 0. The van der Waals surface area contributed by atoms with E-state index in [-0.39, 0.29) is 11.8 Å². The second-order valence-electron chi connectivity index (χ2n) is 6.47. The molecule has 0 saturated heterocycles. The fourth-order valence-electron chi connectivity index (χ4n) is 2.92. The Bertz CT molecular complexity index is 500. The molecule has 116 valence electrons. The summed E-state index contributed by atoms with van der Waals surface area (Å²) in [4.78, 5) is 14.4. The second kappa shape index (κ2) is 7.05. The van der Waals surface area contributed by atoms with Gasteiger partial charge in [-0.1, -0.05) is 19.9 Å². The van der Waals surface area contributed by atoms with Crippen LogP contribution in [0.5, 0.6) is 5.75 Å². The summed E-state index contributed by atoms with van der Waals surface area (Å²) in [5, 5.41) is 9.56. The minimum Gasteiger partial charge on any atom is -0.508 e. The number of carbonyl (C=O) groups excluding carboxylic acids is 1. The molecule has 3 N–H and O–H groups in total. The van der Waals surface area contributed by atoms with E-state index in [1.54, 1.807) is 6.07 Å². The molecule has 4 heteroatoms. The summed E-state index contributed by atoms with van der Waals surface area (Å²) >= 11 is 0. The van der Waals surface area contributed by atoms with Gasteiger partial charge in [0.25, 0.3) is 0 Å². The van der Waals surface area contributed by atoms with E-state index in [1.807, 2.05) is 12.1 Å². The zero-order valence-electron chi connectivity index (χ0n) is 13.0. The zero-order valence-corrected chi connectivity index (χ0v) is 13.0. The molecule has 1 heterocycles. The van der Waals surface area contributed by atoms with Crippen molar-refractivity contribution in [3.8, 4) is 5.75 Å². The van der Waals surface area contributed by atoms with Crippen LogP contribution < -0.4 is 5.73 Å². The Balaban J connectivity index is 1.99. The number of phenolic OH excluding ortho intramolecular Hbond substituents is 1. The van der Waals surface area contributed by atoms with Gasteiger partial charge in [-0.3, -0.25) is 9.69 Å². The van der Waals surface area contributed by atoms with Gasteiger partial charge in [0.2, 0.25) is 0 Å². The molecule has 0 amide bonds. The highest BCUT2D eigenvalue weighted by Gasteiger charge is 2.21. The van der Waals surface area contributed by atoms with Gasteiger partial charge in [-0.25, -0.2) is 0 Å². The van der Waals surface area contributed by atoms with Crippen LogP contribution in [0.3, 0.4) is 0 Å². The van der Waals surface area contributed by atoms with Gasteiger partial charge in [0.15, 0.2) is 5.78 Å². The highest BCUT2D eigenvalue weighted by Crippen LogP contribution is 2.22. The molecule has 0 aliphatic carbocycles. The SMILES string of the molecule is CC(C)CC(N)C(=O)CN1CCCc2cc(O)ccc2C1. The van der Waals surface area contributed by atoms with Gasteiger partial charge in [0.05, 0.1) is 12.6 Å². The van der Waals surface area contributed by atoms with Crippen LogP contribution >= 0.6 is 0 Å². The molecule has 0 saturated carbocycles. The molecule has 1 aliphatic heterocycles. The lowest BCUT2D eigenvalue weighted by Gasteiger charge is -2.22. The van der Waals surface area contributed by atoms with E-state index in [0.29, 0.717) is 18.2 Å². The molecule has 0 radical (unpaired) electrons. The van der Waals surface area contributed by atoms with Crippen molar-refractivity contribution in [2.75, 3.05) is 13.1 Å². The van der Waals surface area contributed by atoms with E-state index >= 15 is 0 Å². The van der Waals surface area contributed by atoms with Gasteiger partial charge in [-0.05, 0) is 55.0 Å². The van der Waals surface area contributed by atoms with Crippen molar-refractivity contribution in [1.82, 2.24) is 4.90 Å². The summed E-state index contributed by atoms with van der Waals surface area (Å²) in [6, 6.07) is 5.16.